The summed E-state index contributed by atoms with van der Waals surface area (Å²) in [5, 5.41) is 9.36. The van der Waals surface area contributed by atoms with E-state index in [0.29, 0.717) is 67.8 Å². The molecule has 3 aromatic rings. The van der Waals surface area contributed by atoms with Crippen LogP contribution in [0.25, 0.3) is 0 Å². The van der Waals surface area contributed by atoms with E-state index in [1.165, 1.54) is 17.0 Å². The lowest BCUT2D eigenvalue weighted by Gasteiger charge is -2.34. The second kappa shape index (κ2) is 14.6. The molecule has 262 valence electrons. The molecule has 0 bridgehead atoms. The van der Waals surface area contributed by atoms with E-state index >= 15 is 0 Å². The Morgan fingerprint density at radius 2 is 1.38 bits per heavy atom. The third-order valence-corrected chi connectivity index (χ3v) is 8.46. The first-order chi connectivity index (χ1) is 22.3. The third kappa shape index (κ3) is 9.96. The standard InChI is InChI=1S/C34H35F9N2O3/c1-3-44(18-22-6-8-24(9-7-22)31(46)47)30-13-12-29(48-34(41,42)43)16-25(30)20-45(28-10-4-21(2)5-11-28)19-23-14-26(32(35,36)37)17-27(15-23)33(38,39)40/h4-5,10-17,22,24H,3,6-9,18-20H2,1-2H3,(H,46,47). The van der Waals surface area contributed by atoms with Gasteiger partial charge in [0.2, 0.25) is 0 Å². The number of anilines is 2. The molecule has 0 unspecified atom stereocenters. The highest BCUT2D eigenvalue weighted by atomic mass is 19.4. The maximum absolute atomic E-state index is 13.7. The Kier molecular flexibility index (Phi) is 11.1. The quantitative estimate of drug-likeness (QED) is 0.203. The maximum Gasteiger partial charge on any atom is 0.573 e. The second-order valence-electron chi connectivity index (χ2n) is 12.0. The van der Waals surface area contributed by atoms with Crippen molar-refractivity contribution in [2.24, 2.45) is 11.8 Å². The number of carboxylic acids is 1. The minimum atomic E-state index is -5.06. The van der Waals surface area contributed by atoms with Crippen LogP contribution in [0.5, 0.6) is 5.75 Å². The first kappa shape index (κ1) is 36.7. The molecule has 14 heteroatoms. The van der Waals surface area contributed by atoms with Gasteiger partial charge in [-0.2, -0.15) is 26.3 Å². The number of carbonyl (C=O) groups is 1. The zero-order chi connectivity index (χ0) is 35.4. The Hall–Kier alpha value is -4.10. The molecule has 5 nitrogen and oxygen atoms in total. The van der Waals surface area contributed by atoms with E-state index in [9.17, 15) is 49.4 Å². The summed E-state index contributed by atoms with van der Waals surface area (Å²) < 4.78 is 126. The van der Waals surface area contributed by atoms with Crippen molar-refractivity contribution >= 4 is 17.3 Å². The fourth-order valence-corrected chi connectivity index (χ4v) is 6.03. The maximum atomic E-state index is 13.7. The number of carboxylic acid groups (broad SMARTS) is 1. The lowest BCUT2D eigenvalue weighted by Crippen LogP contribution is -2.34. The number of rotatable bonds is 11. The highest BCUT2D eigenvalue weighted by Crippen LogP contribution is 2.38. The second-order valence-corrected chi connectivity index (χ2v) is 12.0. The molecular weight excluding hydrogens is 655 g/mol. The summed E-state index contributed by atoms with van der Waals surface area (Å²) in [5.41, 5.74) is -1.22. The highest BCUT2D eigenvalue weighted by molar-refractivity contribution is 5.70. The summed E-state index contributed by atoms with van der Waals surface area (Å²) in [5.74, 6) is -1.75. The van der Waals surface area contributed by atoms with Gasteiger partial charge in [0, 0.05) is 37.6 Å². The van der Waals surface area contributed by atoms with Crippen molar-refractivity contribution in [2.75, 3.05) is 22.9 Å². The number of benzene rings is 3. The van der Waals surface area contributed by atoms with Gasteiger partial charge in [0.25, 0.3) is 0 Å². The number of ether oxygens (including phenoxy) is 1. The van der Waals surface area contributed by atoms with E-state index in [0.717, 1.165) is 11.6 Å². The summed E-state index contributed by atoms with van der Waals surface area (Å²) in [4.78, 5) is 14.8. The Morgan fingerprint density at radius 3 is 1.88 bits per heavy atom. The lowest BCUT2D eigenvalue weighted by atomic mass is 9.81. The summed E-state index contributed by atoms with van der Waals surface area (Å²) in [6, 6.07) is 11.7. The molecule has 3 aromatic carbocycles. The average molecular weight is 691 g/mol. The van der Waals surface area contributed by atoms with Crippen molar-refractivity contribution in [1.82, 2.24) is 0 Å². The molecule has 0 aliphatic heterocycles. The number of hydrogen-bond acceptors (Lipinski definition) is 4. The first-order valence-electron chi connectivity index (χ1n) is 15.3. The normalized spacial score (nSPS) is 17.2. The lowest BCUT2D eigenvalue weighted by molar-refractivity contribution is -0.274. The van der Waals surface area contributed by atoms with Gasteiger partial charge in [0.15, 0.2) is 0 Å². The van der Waals surface area contributed by atoms with Crippen LogP contribution < -0.4 is 14.5 Å². The molecule has 0 spiro atoms. The smallest absolute Gasteiger partial charge is 0.481 e. The van der Waals surface area contributed by atoms with Gasteiger partial charge < -0.3 is 19.6 Å². The summed E-state index contributed by atoms with van der Waals surface area (Å²) in [7, 11) is 0. The van der Waals surface area contributed by atoms with Gasteiger partial charge in [-0.3, -0.25) is 4.79 Å². The number of halogens is 9. The third-order valence-electron chi connectivity index (χ3n) is 8.46. The van der Waals surface area contributed by atoms with Crippen LogP contribution in [0.1, 0.15) is 60.4 Å². The highest BCUT2D eigenvalue weighted by Gasteiger charge is 2.37. The van der Waals surface area contributed by atoms with E-state index in [1.807, 2.05) is 11.8 Å². The summed E-state index contributed by atoms with van der Waals surface area (Å²) >= 11 is 0. The van der Waals surface area contributed by atoms with Crippen molar-refractivity contribution in [3.8, 4) is 5.75 Å². The minimum absolute atomic E-state index is 0.0405. The van der Waals surface area contributed by atoms with E-state index in [2.05, 4.69) is 4.74 Å². The van der Waals surface area contributed by atoms with Gasteiger partial charge in [0.05, 0.1) is 17.0 Å². The molecule has 0 saturated heterocycles. The Morgan fingerprint density at radius 1 is 0.792 bits per heavy atom. The zero-order valence-electron chi connectivity index (χ0n) is 26.1. The van der Waals surface area contributed by atoms with E-state index in [-0.39, 0.29) is 24.1 Å². The zero-order valence-corrected chi connectivity index (χ0v) is 26.1. The number of aliphatic carboxylic acids is 1. The van der Waals surface area contributed by atoms with E-state index in [1.54, 1.807) is 31.2 Å². The van der Waals surface area contributed by atoms with Gasteiger partial charge in [-0.15, -0.1) is 13.2 Å². The van der Waals surface area contributed by atoms with Crippen molar-refractivity contribution < 1.29 is 54.2 Å². The summed E-state index contributed by atoms with van der Waals surface area (Å²) in [6.07, 6.45) is -12.9. The molecule has 0 aromatic heterocycles. The molecule has 4 rings (SSSR count). The van der Waals surface area contributed by atoms with Crippen molar-refractivity contribution in [2.45, 2.75) is 71.3 Å². The number of hydrogen-bond donors (Lipinski definition) is 1. The molecule has 48 heavy (non-hydrogen) atoms. The fraction of sp³-hybridized carbons (Fsp3) is 0.441. The van der Waals surface area contributed by atoms with Crippen molar-refractivity contribution in [3.05, 3.63) is 88.5 Å². The van der Waals surface area contributed by atoms with Crippen LogP contribution in [0.4, 0.5) is 50.9 Å². The minimum Gasteiger partial charge on any atom is -0.481 e. The Labute approximate surface area is 271 Å². The molecule has 0 heterocycles. The van der Waals surface area contributed by atoms with E-state index < -0.39 is 54.0 Å². The van der Waals surface area contributed by atoms with Crippen LogP contribution in [0.15, 0.2) is 60.7 Å². The van der Waals surface area contributed by atoms with Crippen LogP contribution in [0.2, 0.25) is 0 Å². The molecular formula is C34H35F9N2O3. The molecule has 0 radical (unpaired) electrons. The van der Waals surface area contributed by atoms with Crippen LogP contribution in [0.3, 0.4) is 0 Å². The molecule has 1 aliphatic carbocycles. The predicted octanol–water partition coefficient (Wildman–Crippen LogP) is 9.86. The molecule has 1 aliphatic rings. The molecule has 1 fully saturated rings. The molecule has 0 atom stereocenters. The van der Waals surface area contributed by atoms with E-state index in [4.69, 9.17) is 0 Å². The Balaban J connectivity index is 1.76. The largest absolute Gasteiger partial charge is 0.573 e. The fourth-order valence-electron chi connectivity index (χ4n) is 6.03. The van der Waals surface area contributed by atoms with Crippen LogP contribution >= 0.6 is 0 Å². The van der Waals surface area contributed by atoms with Gasteiger partial charge in [-0.05, 0) is 105 Å². The van der Waals surface area contributed by atoms with Gasteiger partial charge in [-0.25, -0.2) is 0 Å². The average Bonchev–Trinajstić information content (AvgIpc) is 2.99. The summed E-state index contributed by atoms with van der Waals surface area (Å²) in [6.45, 7) is 3.86. The monoisotopic (exact) mass is 690 g/mol. The topological polar surface area (TPSA) is 53.0 Å². The molecule has 0 amide bonds. The van der Waals surface area contributed by atoms with Gasteiger partial charge >= 0.3 is 24.7 Å². The predicted molar refractivity (Wildman–Crippen MR) is 162 cm³/mol. The van der Waals surface area contributed by atoms with Gasteiger partial charge in [0.1, 0.15) is 5.75 Å². The van der Waals surface area contributed by atoms with Crippen LogP contribution in [-0.2, 0) is 30.2 Å². The molecule has 1 N–H and O–H groups in total. The number of nitrogens with zero attached hydrogens (tertiary/aromatic N) is 2. The van der Waals surface area contributed by atoms with Crippen LogP contribution in [0, 0.1) is 18.8 Å². The van der Waals surface area contributed by atoms with Gasteiger partial charge in [-0.1, -0.05) is 17.7 Å². The molecule has 1 saturated carbocycles. The van der Waals surface area contributed by atoms with Crippen LogP contribution in [-0.4, -0.2) is 30.5 Å². The first-order valence-corrected chi connectivity index (χ1v) is 15.3. The SMILES string of the molecule is CCN(CC1CCC(C(=O)O)CC1)c1ccc(OC(F)(F)F)cc1CN(Cc1cc(C(F)(F)F)cc(C(F)(F)F)c1)c1ccc(C)cc1. The number of aryl methyl sites for hydroxylation is 1. The Bertz CT molecular complexity index is 1510. The van der Waals surface area contributed by atoms with Crippen molar-refractivity contribution in [3.63, 3.8) is 0 Å². The van der Waals surface area contributed by atoms with Crippen molar-refractivity contribution in [1.29, 1.82) is 0 Å². The number of alkyl halides is 9.